The average molecular weight is 256 g/mol. The highest BCUT2D eigenvalue weighted by molar-refractivity contribution is 5.94. The molecule has 8 nitrogen and oxygen atoms in total. The van der Waals surface area contributed by atoms with Crippen molar-refractivity contribution in [3.05, 3.63) is 28.0 Å². The van der Waals surface area contributed by atoms with E-state index in [0.29, 0.717) is 0 Å². The van der Waals surface area contributed by atoms with Crippen LogP contribution in [0.2, 0.25) is 0 Å². The van der Waals surface area contributed by atoms with Gasteiger partial charge in [0.2, 0.25) is 0 Å². The number of carbonyl (C=O) groups is 2. The lowest BCUT2D eigenvalue weighted by Gasteiger charge is -2.09. The summed E-state index contributed by atoms with van der Waals surface area (Å²) in [5.74, 6) is -2.05. The third-order valence-corrected chi connectivity index (χ3v) is 2.02. The zero-order valence-electron chi connectivity index (χ0n) is 9.47. The van der Waals surface area contributed by atoms with E-state index < -0.39 is 29.4 Å². The first kappa shape index (κ1) is 13.7. The highest BCUT2D eigenvalue weighted by Gasteiger charge is 2.17. The van der Waals surface area contributed by atoms with E-state index in [9.17, 15) is 19.5 Å². The predicted octanol–water partition coefficient (Wildman–Crippen LogP) is -1.66. The van der Waals surface area contributed by atoms with E-state index in [0.717, 1.165) is 19.2 Å². The van der Waals surface area contributed by atoms with Gasteiger partial charge in [-0.25, -0.2) is 4.79 Å². The molecule has 0 saturated carbocycles. The molecule has 4 N–H and O–H groups in total. The maximum atomic E-state index is 11.5. The average Bonchev–Trinajstić information content (AvgIpc) is 2.33. The summed E-state index contributed by atoms with van der Waals surface area (Å²) in [6.45, 7) is -0.362. The van der Waals surface area contributed by atoms with Crippen molar-refractivity contribution in [2.75, 3.05) is 13.7 Å². The van der Waals surface area contributed by atoms with Gasteiger partial charge in [-0.15, -0.1) is 0 Å². The van der Waals surface area contributed by atoms with E-state index in [4.69, 9.17) is 5.11 Å². The molecule has 0 aliphatic heterocycles. The van der Waals surface area contributed by atoms with E-state index in [1.165, 1.54) is 0 Å². The minimum absolute atomic E-state index is 0.0895. The Morgan fingerprint density at radius 3 is 2.72 bits per heavy atom. The van der Waals surface area contributed by atoms with Crippen molar-refractivity contribution in [2.24, 2.45) is 0 Å². The largest absolute Gasteiger partial charge is 0.494 e. The quantitative estimate of drug-likeness (QED) is 0.477. The Labute approximate surface area is 101 Å². The van der Waals surface area contributed by atoms with Crippen molar-refractivity contribution < 1.29 is 24.5 Å². The number of aliphatic hydroxyl groups excluding tert-OH is 1. The Kier molecular flexibility index (Phi) is 4.44. The van der Waals surface area contributed by atoms with Gasteiger partial charge in [-0.1, -0.05) is 0 Å². The smallest absolute Gasteiger partial charge is 0.336 e. The number of rotatable bonds is 4. The molecule has 1 unspecified atom stereocenters. The Bertz CT molecular complexity index is 509. The zero-order valence-corrected chi connectivity index (χ0v) is 9.47. The van der Waals surface area contributed by atoms with Crippen LogP contribution in [0.15, 0.2) is 16.9 Å². The molecule has 1 atom stereocenters. The first-order valence-corrected chi connectivity index (χ1v) is 4.91. The molecule has 1 aromatic rings. The molecule has 8 heteroatoms. The van der Waals surface area contributed by atoms with Crippen molar-refractivity contribution >= 4 is 11.9 Å². The number of nitrogens with one attached hydrogen (secondary N) is 2. The fourth-order valence-corrected chi connectivity index (χ4v) is 1.17. The number of methoxy groups -OCH3 is 1. The Morgan fingerprint density at radius 1 is 1.50 bits per heavy atom. The maximum Gasteiger partial charge on any atom is 0.336 e. The summed E-state index contributed by atoms with van der Waals surface area (Å²) >= 11 is 0. The van der Waals surface area contributed by atoms with E-state index in [-0.39, 0.29) is 12.1 Å². The van der Waals surface area contributed by atoms with E-state index in [2.05, 4.69) is 15.0 Å². The van der Waals surface area contributed by atoms with E-state index in [1.807, 2.05) is 0 Å². The monoisotopic (exact) mass is 256 g/mol. The number of aromatic nitrogens is 1. The fourth-order valence-electron chi connectivity index (χ4n) is 1.17. The molecule has 1 aromatic heterocycles. The van der Waals surface area contributed by atoms with Crippen LogP contribution in [-0.4, -0.2) is 46.8 Å². The Hall–Kier alpha value is -2.35. The van der Waals surface area contributed by atoms with Gasteiger partial charge in [0.15, 0.2) is 12.0 Å². The van der Waals surface area contributed by atoms with Crippen molar-refractivity contribution in [3.8, 4) is 5.88 Å². The van der Waals surface area contributed by atoms with Crippen LogP contribution < -0.4 is 10.9 Å². The standard InChI is InChI=1S/C10H12N2O6/c1-18-10(17)6(13)4-11-9(16)5-2-7(14)12-8(15)3-5/h2-3,6,13H,4H2,1H3,(H,11,16)(H2,12,14,15). The summed E-state index contributed by atoms with van der Waals surface area (Å²) < 4.78 is 4.25. The molecule has 1 rings (SSSR count). The molecular weight excluding hydrogens is 244 g/mol. The highest BCUT2D eigenvalue weighted by Crippen LogP contribution is 2.03. The van der Waals surface area contributed by atoms with Crippen molar-refractivity contribution in [1.29, 1.82) is 0 Å². The van der Waals surface area contributed by atoms with Gasteiger partial charge in [-0.3, -0.25) is 14.6 Å². The van der Waals surface area contributed by atoms with Crippen LogP contribution in [0.25, 0.3) is 0 Å². The third kappa shape index (κ3) is 3.59. The maximum absolute atomic E-state index is 11.5. The van der Waals surface area contributed by atoms with Gasteiger partial charge in [0.05, 0.1) is 19.2 Å². The van der Waals surface area contributed by atoms with Gasteiger partial charge in [-0.05, 0) is 0 Å². The number of ether oxygens (including phenoxy) is 1. The van der Waals surface area contributed by atoms with Gasteiger partial charge in [0, 0.05) is 12.1 Å². The number of hydrogen-bond acceptors (Lipinski definition) is 6. The van der Waals surface area contributed by atoms with E-state index >= 15 is 0 Å². The summed E-state index contributed by atoms with van der Waals surface area (Å²) in [7, 11) is 1.10. The molecular formula is C10H12N2O6. The number of H-pyrrole nitrogens is 1. The molecule has 98 valence electrons. The van der Waals surface area contributed by atoms with Gasteiger partial charge in [-0.2, -0.15) is 0 Å². The molecule has 1 amide bonds. The number of amides is 1. The first-order chi connectivity index (χ1) is 8.43. The molecule has 18 heavy (non-hydrogen) atoms. The van der Waals surface area contributed by atoms with Crippen molar-refractivity contribution in [2.45, 2.75) is 6.10 Å². The lowest BCUT2D eigenvalue weighted by Crippen LogP contribution is -2.37. The van der Waals surface area contributed by atoms with Crippen LogP contribution in [-0.2, 0) is 9.53 Å². The molecule has 0 radical (unpaired) electrons. The van der Waals surface area contributed by atoms with Crippen molar-refractivity contribution in [3.63, 3.8) is 0 Å². The topological polar surface area (TPSA) is 129 Å². The van der Waals surface area contributed by atoms with Gasteiger partial charge < -0.3 is 20.3 Å². The van der Waals surface area contributed by atoms with Gasteiger partial charge in [0.25, 0.3) is 11.5 Å². The minimum atomic E-state index is -1.49. The number of esters is 1. The van der Waals surface area contributed by atoms with Crippen LogP contribution in [0.5, 0.6) is 5.88 Å². The van der Waals surface area contributed by atoms with E-state index in [1.54, 1.807) is 0 Å². The van der Waals surface area contributed by atoms with Crippen molar-refractivity contribution in [1.82, 2.24) is 10.3 Å². The Balaban J connectivity index is 2.66. The highest BCUT2D eigenvalue weighted by atomic mass is 16.5. The number of aromatic hydroxyl groups is 1. The Morgan fingerprint density at radius 2 is 2.17 bits per heavy atom. The molecule has 0 aromatic carbocycles. The number of pyridine rings is 1. The van der Waals surface area contributed by atoms with Crippen LogP contribution in [0, 0.1) is 0 Å². The summed E-state index contributed by atoms with van der Waals surface area (Å²) in [4.78, 5) is 35.4. The number of aliphatic hydroxyl groups is 1. The van der Waals surface area contributed by atoms with Gasteiger partial charge >= 0.3 is 5.97 Å². The number of aromatic amines is 1. The third-order valence-electron chi connectivity index (χ3n) is 2.02. The number of hydrogen-bond donors (Lipinski definition) is 4. The summed E-state index contributed by atoms with van der Waals surface area (Å²) in [6, 6.07) is 2.01. The summed E-state index contributed by atoms with van der Waals surface area (Å²) in [5.41, 5.74) is -0.734. The molecule has 1 heterocycles. The van der Waals surface area contributed by atoms with Crippen LogP contribution in [0.3, 0.4) is 0 Å². The molecule has 0 aliphatic carbocycles. The second kappa shape index (κ2) is 5.82. The SMILES string of the molecule is COC(=O)C(O)CNC(=O)c1cc(O)[nH]c(=O)c1. The lowest BCUT2D eigenvalue weighted by molar-refractivity contribution is -0.149. The second-order valence-electron chi connectivity index (χ2n) is 3.37. The molecule has 0 spiro atoms. The predicted molar refractivity (Wildman–Crippen MR) is 59.1 cm³/mol. The number of carbonyl (C=O) groups excluding carboxylic acids is 2. The van der Waals surface area contributed by atoms with Crippen LogP contribution in [0.1, 0.15) is 10.4 Å². The van der Waals surface area contributed by atoms with Crippen LogP contribution >= 0.6 is 0 Å². The molecule has 0 aliphatic rings. The molecule has 0 saturated heterocycles. The minimum Gasteiger partial charge on any atom is -0.494 e. The molecule has 0 bridgehead atoms. The normalized spacial score (nSPS) is 11.7. The zero-order chi connectivity index (χ0) is 13.7. The lowest BCUT2D eigenvalue weighted by atomic mass is 10.2. The van der Waals surface area contributed by atoms with Gasteiger partial charge in [0.1, 0.15) is 0 Å². The summed E-state index contributed by atoms with van der Waals surface area (Å²) in [5, 5.41) is 20.5. The first-order valence-electron chi connectivity index (χ1n) is 4.91. The molecule has 0 fully saturated rings. The summed E-state index contributed by atoms with van der Waals surface area (Å²) in [6.07, 6.45) is -1.49. The second-order valence-corrected chi connectivity index (χ2v) is 3.37. The fraction of sp³-hybridized carbons (Fsp3) is 0.300. The van der Waals surface area contributed by atoms with Crippen LogP contribution in [0.4, 0.5) is 0 Å².